The summed E-state index contributed by atoms with van der Waals surface area (Å²) in [7, 11) is 3.13. The van der Waals surface area contributed by atoms with Crippen molar-refractivity contribution in [3.05, 3.63) is 48.0 Å². The lowest BCUT2D eigenvalue weighted by molar-refractivity contribution is -0.114. The first-order valence-electron chi connectivity index (χ1n) is 6.95. The molecule has 2 aromatic rings. The van der Waals surface area contributed by atoms with Gasteiger partial charge >= 0.3 is 0 Å². The van der Waals surface area contributed by atoms with Crippen LogP contribution in [0.3, 0.4) is 0 Å². The second kappa shape index (κ2) is 7.36. The lowest BCUT2D eigenvalue weighted by Gasteiger charge is -2.12. The van der Waals surface area contributed by atoms with E-state index >= 15 is 0 Å². The summed E-state index contributed by atoms with van der Waals surface area (Å²) in [6, 6.07) is 13.1. The third-order valence-electron chi connectivity index (χ3n) is 3.19. The van der Waals surface area contributed by atoms with E-state index in [-0.39, 0.29) is 12.5 Å². The highest BCUT2D eigenvalue weighted by atomic mass is 16.5. The molecule has 0 radical (unpaired) electrons. The van der Waals surface area contributed by atoms with Crippen molar-refractivity contribution in [1.82, 2.24) is 0 Å². The van der Waals surface area contributed by atoms with E-state index in [9.17, 15) is 4.79 Å². The molecule has 0 atom stereocenters. The number of carbonyl (C=O) groups excluding carboxylic acids is 1. The molecule has 2 aromatic carbocycles. The highest BCUT2D eigenvalue weighted by Gasteiger charge is 2.09. The predicted molar refractivity (Wildman–Crippen MR) is 87.8 cm³/mol. The number of carbonyl (C=O) groups is 1. The van der Waals surface area contributed by atoms with Gasteiger partial charge < -0.3 is 20.1 Å². The summed E-state index contributed by atoms with van der Waals surface area (Å²) in [5.41, 5.74) is 2.66. The molecular weight excluding hydrogens is 280 g/mol. The van der Waals surface area contributed by atoms with E-state index in [1.54, 1.807) is 32.4 Å². The molecule has 0 fully saturated rings. The Morgan fingerprint density at radius 2 is 1.77 bits per heavy atom. The normalized spacial score (nSPS) is 9.95. The first-order valence-corrected chi connectivity index (χ1v) is 6.95. The molecule has 0 unspecified atom stereocenters. The summed E-state index contributed by atoms with van der Waals surface area (Å²) in [6.45, 7) is 2.19. The maximum atomic E-state index is 12.1. The zero-order valence-electron chi connectivity index (χ0n) is 13.0. The molecule has 0 spiro atoms. The van der Waals surface area contributed by atoms with Crippen LogP contribution >= 0.6 is 0 Å². The molecule has 5 heteroatoms. The van der Waals surface area contributed by atoms with Crippen LogP contribution in [0.2, 0.25) is 0 Å². The van der Waals surface area contributed by atoms with E-state index in [1.807, 2.05) is 31.2 Å². The van der Waals surface area contributed by atoms with Gasteiger partial charge in [-0.05, 0) is 31.2 Å². The van der Waals surface area contributed by atoms with Crippen LogP contribution in [0.5, 0.6) is 11.5 Å². The van der Waals surface area contributed by atoms with Crippen LogP contribution in [0.25, 0.3) is 0 Å². The molecule has 0 aromatic heterocycles. The molecule has 116 valence electrons. The van der Waals surface area contributed by atoms with Gasteiger partial charge in [0.05, 0.1) is 26.5 Å². The van der Waals surface area contributed by atoms with Gasteiger partial charge in [0.25, 0.3) is 0 Å². The number of methoxy groups -OCH3 is 2. The third-order valence-corrected chi connectivity index (χ3v) is 3.19. The number of hydrogen-bond acceptors (Lipinski definition) is 4. The Kier molecular flexibility index (Phi) is 5.25. The molecule has 5 nitrogen and oxygen atoms in total. The second-order valence-corrected chi connectivity index (χ2v) is 4.83. The van der Waals surface area contributed by atoms with Crippen molar-refractivity contribution in [2.24, 2.45) is 0 Å². The predicted octanol–water partition coefficient (Wildman–Crippen LogP) is 3.06. The standard InChI is InChI=1S/C17H20N2O3/c1-12-4-6-13(7-5-12)18-11-17(20)19-15-10-14(21-2)8-9-16(15)22-3/h4-10,18H,11H2,1-3H3,(H,19,20). The molecular formula is C17H20N2O3. The highest BCUT2D eigenvalue weighted by molar-refractivity contribution is 5.95. The molecule has 0 saturated heterocycles. The number of aryl methyl sites for hydroxylation is 1. The van der Waals surface area contributed by atoms with Crippen molar-refractivity contribution in [3.8, 4) is 11.5 Å². The molecule has 2 rings (SSSR count). The monoisotopic (exact) mass is 300 g/mol. The Hall–Kier alpha value is -2.69. The lowest BCUT2D eigenvalue weighted by atomic mass is 10.2. The van der Waals surface area contributed by atoms with E-state index in [1.165, 1.54) is 5.56 Å². The number of amides is 1. The SMILES string of the molecule is COc1ccc(OC)c(NC(=O)CNc2ccc(C)cc2)c1. The van der Waals surface area contributed by atoms with E-state index in [0.29, 0.717) is 17.2 Å². The van der Waals surface area contributed by atoms with Crippen LogP contribution in [0.1, 0.15) is 5.56 Å². The van der Waals surface area contributed by atoms with Gasteiger partial charge in [0.15, 0.2) is 0 Å². The Balaban J connectivity index is 1.98. The van der Waals surface area contributed by atoms with Crippen molar-refractivity contribution in [2.45, 2.75) is 6.92 Å². The average molecular weight is 300 g/mol. The summed E-state index contributed by atoms with van der Waals surface area (Å²) in [5.74, 6) is 1.08. The summed E-state index contributed by atoms with van der Waals surface area (Å²) < 4.78 is 10.4. The zero-order valence-corrected chi connectivity index (χ0v) is 13.0. The Labute approximate surface area is 130 Å². The van der Waals surface area contributed by atoms with Crippen molar-refractivity contribution in [2.75, 3.05) is 31.4 Å². The van der Waals surface area contributed by atoms with E-state index < -0.39 is 0 Å². The van der Waals surface area contributed by atoms with Gasteiger partial charge in [0, 0.05) is 11.8 Å². The minimum Gasteiger partial charge on any atom is -0.497 e. The van der Waals surface area contributed by atoms with Gasteiger partial charge in [0.1, 0.15) is 11.5 Å². The molecule has 0 heterocycles. The van der Waals surface area contributed by atoms with Crippen LogP contribution in [-0.2, 0) is 4.79 Å². The van der Waals surface area contributed by atoms with Gasteiger partial charge in [0.2, 0.25) is 5.91 Å². The van der Waals surface area contributed by atoms with Gasteiger partial charge in [-0.2, -0.15) is 0 Å². The van der Waals surface area contributed by atoms with Crippen LogP contribution in [0.15, 0.2) is 42.5 Å². The minimum atomic E-state index is -0.160. The minimum absolute atomic E-state index is 0.160. The summed E-state index contributed by atoms with van der Waals surface area (Å²) >= 11 is 0. The third kappa shape index (κ3) is 4.15. The molecule has 0 saturated carbocycles. The molecule has 1 amide bonds. The maximum Gasteiger partial charge on any atom is 0.243 e. The largest absolute Gasteiger partial charge is 0.497 e. The quantitative estimate of drug-likeness (QED) is 0.861. The van der Waals surface area contributed by atoms with Crippen LogP contribution < -0.4 is 20.1 Å². The second-order valence-electron chi connectivity index (χ2n) is 4.83. The molecule has 0 aliphatic rings. The number of ether oxygens (including phenoxy) is 2. The topological polar surface area (TPSA) is 59.6 Å². The zero-order chi connectivity index (χ0) is 15.9. The fraction of sp³-hybridized carbons (Fsp3) is 0.235. The molecule has 22 heavy (non-hydrogen) atoms. The molecule has 2 N–H and O–H groups in total. The van der Waals surface area contributed by atoms with Crippen molar-refractivity contribution >= 4 is 17.3 Å². The van der Waals surface area contributed by atoms with E-state index in [0.717, 1.165) is 5.69 Å². The molecule has 0 bridgehead atoms. The number of benzene rings is 2. The smallest absolute Gasteiger partial charge is 0.243 e. The van der Waals surface area contributed by atoms with Gasteiger partial charge in [-0.25, -0.2) is 0 Å². The summed E-state index contributed by atoms with van der Waals surface area (Å²) in [6.07, 6.45) is 0. The number of rotatable bonds is 6. The van der Waals surface area contributed by atoms with Crippen molar-refractivity contribution in [1.29, 1.82) is 0 Å². The number of hydrogen-bond donors (Lipinski definition) is 2. The fourth-order valence-corrected chi connectivity index (χ4v) is 1.96. The van der Waals surface area contributed by atoms with E-state index in [4.69, 9.17) is 9.47 Å². The van der Waals surface area contributed by atoms with Crippen molar-refractivity contribution in [3.63, 3.8) is 0 Å². The van der Waals surface area contributed by atoms with Gasteiger partial charge in [-0.1, -0.05) is 17.7 Å². The summed E-state index contributed by atoms with van der Waals surface area (Å²) in [5, 5.41) is 5.89. The van der Waals surface area contributed by atoms with Crippen LogP contribution in [0, 0.1) is 6.92 Å². The Morgan fingerprint density at radius 1 is 1.05 bits per heavy atom. The first kappa shape index (κ1) is 15.7. The van der Waals surface area contributed by atoms with Gasteiger partial charge in [-0.15, -0.1) is 0 Å². The Morgan fingerprint density at radius 3 is 2.41 bits per heavy atom. The van der Waals surface area contributed by atoms with Gasteiger partial charge in [-0.3, -0.25) is 4.79 Å². The first-order chi connectivity index (χ1) is 10.6. The van der Waals surface area contributed by atoms with Crippen molar-refractivity contribution < 1.29 is 14.3 Å². The number of nitrogens with one attached hydrogen (secondary N) is 2. The fourth-order valence-electron chi connectivity index (χ4n) is 1.96. The number of anilines is 2. The summed E-state index contributed by atoms with van der Waals surface area (Å²) in [4.78, 5) is 12.1. The van der Waals surface area contributed by atoms with E-state index in [2.05, 4.69) is 10.6 Å². The average Bonchev–Trinajstić information content (AvgIpc) is 2.54. The van der Waals surface area contributed by atoms with Crippen LogP contribution in [-0.4, -0.2) is 26.7 Å². The maximum absolute atomic E-state index is 12.1. The van der Waals surface area contributed by atoms with Crippen LogP contribution in [0.4, 0.5) is 11.4 Å². The highest BCUT2D eigenvalue weighted by Crippen LogP contribution is 2.28. The molecule has 0 aliphatic carbocycles. The Bertz CT molecular complexity index is 639. The molecule has 0 aliphatic heterocycles. The lowest BCUT2D eigenvalue weighted by Crippen LogP contribution is -2.22.